The van der Waals surface area contributed by atoms with Gasteiger partial charge < -0.3 is 15.1 Å². The molecule has 0 unspecified atom stereocenters. The van der Waals surface area contributed by atoms with Gasteiger partial charge in [-0.1, -0.05) is 16.5 Å². The van der Waals surface area contributed by atoms with Gasteiger partial charge in [0, 0.05) is 12.1 Å². The number of phenolic OH excluding ortho intramolecular Hbond substituents is 2. The van der Waals surface area contributed by atoms with Crippen molar-refractivity contribution in [3.05, 3.63) is 78.1 Å². The number of aromatic nitrogens is 7. The smallest absolute Gasteiger partial charge is 0.360 e. The van der Waals surface area contributed by atoms with Crippen LogP contribution in [0.2, 0.25) is 0 Å². The maximum Gasteiger partial charge on any atom is 0.360 e. The molecular weight excluding hydrogens is 498 g/mol. The first kappa shape index (κ1) is 24.0. The molecule has 0 spiro atoms. The zero-order chi connectivity index (χ0) is 26.8. The Morgan fingerprint density at radius 1 is 0.789 bits per heavy atom. The lowest BCUT2D eigenvalue weighted by molar-refractivity contribution is 0.0500. The van der Waals surface area contributed by atoms with E-state index in [2.05, 4.69) is 30.4 Å². The van der Waals surface area contributed by atoms with E-state index < -0.39 is 11.9 Å². The van der Waals surface area contributed by atoms with Crippen molar-refractivity contribution in [1.29, 1.82) is 0 Å². The second-order valence-electron chi connectivity index (χ2n) is 7.75. The molecule has 190 valence electrons. The molecule has 38 heavy (non-hydrogen) atoms. The molecule has 0 bridgehead atoms. The lowest BCUT2D eigenvalue weighted by atomic mass is 10.1. The molecule has 3 aromatic heterocycles. The zero-order valence-corrected chi connectivity index (χ0v) is 19.1. The van der Waals surface area contributed by atoms with E-state index in [9.17, 15) is 19.8 Å². The standard InChI is InChI=1S/C23H17N9O6/c24-38-23(36)15-7-5-13(9-21(15)34)32-11-19(27-30-32)17-3-1-2-16(25-17)18-10-31(29-26-18)12-4-6-14(20(33)8-12)22(35)28-37/h1-11,33-34,37H,24H2,(H,28,35). The van der Waals surface area contributed by atoms with Gasteiger partial charge in [-0.15, -0.1) is 10.2 Å². The lowest BCUT2D eigenvalue weighted by Gasteiger charge is -2.05. The quantitative estimate of drug-likeness (QED) is 0.159. The third-order valence-electron chi connectivity index (χ3n) is 5.43. The minimum atomic E-state index is -0.880. The fourth-order valence-electron chi connectivity index (χ4n) is 3.55. The first-order valence-electron chi connectivity index (χ1n) is 10.7. The number of nitrogens with zero attached hydrogens (tertiary/aromatic N) is 7. The highest BCUT2D eigenvalue weighted by atomic mass is 16.7. The average molecular weight is 515 g/mol. The predicted octanol–water partition coefficient (Wildman–Crippen LogP) is 1.14. The van der Waals surface area contributed by atoms with Gasteiger partial charge >= 0.3 is 5.97 Å². The normalized spacial score (nSPS) is 10.8. The van der Waals surface area contributed by atoms with Crippen LogP contribution in [0.4, 0.5) is 0 Å². The Labute approximate surface area is 212 Å². The van der Waals surface area contributed by atoms with E-state index in [1.807, 2.05) is 0 Å². The van der Waals surface area contributed by atoms with Crippen molar-refractivity contribution in [2.24, 2.45) is 5.90 Å². The molecule has 5 aromatic rings. The fourth-order valence-corrected chi connectivity index (χ4v) is 3.55. The van der Waals surface area contributed by atoms with Crippen LogP contribution in [-0.4, -0.2) is 62.3 Å². The molecule has 1 amide bonds. The summed E-state index contributed by atoms with van der Waals surface area (Å²) in [4.78, 5) is 31.8. The van der Waals surface area contributed by atoms with E-state index in [4.69, 9.17) is 11.1 Å². The molecule has 15 heteroatoms. The topological polar surface area (TPSA) is 216 Å². The number of amides is 1. The van der Waals surface area contributed by atoms with E-state index in [1.165, 1.54) is 51.2 Å². The number of hydrogen-bond donors (Lipinski definition) is 5. The van der Waals surface area contributed by atoms with Crippen molar-refractivity contribution in [1.82, 2.24) is 40.5 Å². The van der Waals surface area contributed by atoms with Crippen molar-refractivity contribution in [2.45, 2.75) is 0 Å². The van der Waals surface area contributed by atoms with Crippen LogP contribution in [0.1, 0.15) is 20.7 Å². The van der Waals surface area contributed by atoms with Gasteiger partial charge in [0.05, 0.1) is 40.7 Å². The van der Waals surface area contributed by atoms with Crippen molar-refractivity contribution in [2.75, 3.05) is 0 Å². The summed E-state index contributed by atoms with van der Waals surface area (Å²) in [5, 5.41) is 45.3. The van der Waals surface area contributed by atoms with Crippen molar-refractivity contribution in [3.8, 4) is 45.6 Å². The molecule has 0 fully saturated rings. The summed E-state index contributed by atoms with van der Waals surface area (Å²) in [6, 6.07) is 13.5. The summed E-state index contributed by atoms with van der Waals surface area (Å²) < 4.78 is 2.78. The van der Waals surface area contributed by atoms with Gasteiger partial charge in [0.25, 0.3) is 5.91 Å². The number of phenols is 2. The van der Waals surface area contributed by atoms with Crippen LogP contribution in [0, 0.1) is 0 Å². The Kier molecular flexibility index (Phi) is 6.18. The van der Waals surface area contributed by atoms with E-state index in [1.54, 1.807) is 30.6 Å². The molecule has 6 N–H and O–H groups in total. The summed E-state index contributed by atoms with van der Waals surface area (Å²) in [5.74, 6) is 2.45. The first-order chi connectivity index (χ1) is 18.4. The molecular formula is C23H17N9O6. The van der Waals surface area contributed by atoms with E-state index in [0.717, 1.165) is 0 Å². The van der Waals surface area contributed by atoms with Crippen LogP contribution in [0.5, 0.6) is 11.5 Å². The number of pyridine rings is 1. The summed E-state index contributed by atoms with van der Waals surface area (Å²) in [6.07, 6.45) is 3.17. The second kappa shape index (κ2) is 9.76. The zero-order valence-electron chi connectivity index (χ0n) is 19.1. The minimum Gasteiger partial charge on any atom is -0.507 e. The SMILES string of the molecule is NOC(=O)c1ccc(-n2cc(-c3cccc(-c4cn(-c5ccc(C(=O)NO)c(O)c5)nn4)n3)nn2)cc1O. The molecule has 0 saturated heterocycles. The molecule has 0 aliphatic carbocycles. The summed E-state index contributed by atoms with van der Waals surface area (Å²) in [7, 11) is 0. The van der Waals surface area contributed by atoms with E-state index in [-0.39, 0.29) is 22.6 Å². The van der Waals surface area contributed by atoms with Crippen LogP contribution in [-0.2, 0) is 4.84 Å². The van der Waals surface area contributed by atoms with Gasteiger partial charge in [0.15, 0.2) is 0 Å². The molecule has 0 radical (unpaired) electrons. The minimum absolute atomic E-state index is 0.0965. The molecule has 15 nitrogen and oxygen atoms in total. The van der Waals surface area contributed by atoms with Crippen LogP contribution in [0.3, 0.4) is 0 Å². The number of nitrogens with one attached hydrogen (secondary N) is 1. The number of hydroxylamine groups is 1. The Balaban J connectivity index is 1.39. The molecule has 0 saturated carbocycles. The molecule has 0 atom stereocenters. The number of nitrogens with two attached hydrogens (primary N) is 1. The van der Waals surface area contributed by atoms with Gasteiger partial charge in [-0.3, -0.25) is 10.0 Å². The van der Waals surface area contributed by atoms with Crippen LogP contribution >= 0.6 is 0 Å². The molecule has 0 aliphatic heterocycles. The Morgan fingerprint density at radius 2 is 1.32 bits per heavy atom. The van der Waals surface area contributed by atoms with Crippen molar-refractivity contribution < 1.29 is 29.8 Å². The molecule has 0 aliphatic rings. The third kappa shape index (κ3) is 4.48. The van der Waals surface area contributed by atoms with Crippen LogP contribution in [0.25, 0.3) is 34.2 Å². The van der Waals surface area contributed by atoms with Gasteiger partial charge in [-0.05, 0) is 36.4 Å². The van der Waals surface area contributed by atoms with Crippen LogP contribution < -0.4 is 11.4 Å². The summed E-state index contributed by atoms with van der Waals surface area (Å²) in [6.45, 7) is 0. The van der Waals surface area contributed by atoms with Gasteiger partial charge in [0.2, 0.25) is 0 Å². The highest BCUT2D eigenvalue weighted by Crippen LogP contribution is 2.25. The van der Waals surface area contributed by atoms with Gasteiger partial charge in [-0.2, -0.15) is 5.90 Å². The maximum atomic E-state index is 11.6. The van der Waals surface area contributed by atoms with Gasteiger partial charge in [-0.25, -0.2) is 24.6 Å². The summed E-state index contributed by atoms with van der Waals surface area (Å²) >= 11 is 0. The second-order valence-corrected chi connectivity index (χ2v) is 7.75. The lowest BCUT2D eigenvalue weighted by Crippen LogP contribution is -2.18. The largest absolute Gasteiger partial charge is 0.507 e. The number of rotatable bonds is 6. The number of hydrogen-bond acceptors (Lipinski definition) is 12. The van der Waals surface area contributed by atoms with Crippen LogP contribution in [0.15, 0.2) is 67.0 Å². The number of carbonyl (C=O) groups excluding carboxylic acids is 2. The number of benzene rings is 2. The van der Waals surface area contributed by atoms with Crippen molar-refractivity contribution in [3.63, 3.8) is 0 Å². The maximum absolute atomic E-state index is 11.6. The Morgan fingerprint density at radius 3 is 1.79 bits per heavy atom. The van der Waals surface area contributed by atoms with Crippen molar-refractivity contribution >= 4 is 11.9 Å². The molecule has 2 aromatic carbocycles. The molecule has 5 rings (SSSR count). The average Bonchev–Trinajstić information content (AvgIpc) is 3.63. The Hall–Kier alpha value is -5.67. The fraction of sp³-hybridized carbons (Fsp3) is 0. The first-order valence-corrected chi connectivity index (χ1v) is 10.7. The van der Waals surface area contributed by atoms with E-state index in [0.29, 0.717) is 34.2 Å². The molecule has 3 heterocycles. The highest BCUT2D eigenvalue weighted by molar-refractivity contribution is 5.96. The third-order valence-corrected chi connectivity index (χ3v) is 5.43. The predicted molar refractivity (Wildman–Crippen MR) is 127 cm³/mol. The van der Waals surface area contributed by atoms with Gasteiger partial charge in [0.1, 0.15) is 28.5 Å². The number of aromatic hydroxyl groups is 2. The number of carbonyl (C=O) groups is 2. The van der Waals surface area contributed by atoms with E-state index >= 15 is 0 Å². The summed E-state index contributed by atoms with van der Waals surface area (Å²) in [5.41, 5.74) is 3.91. The highest BCUT2D eigenvalue weighted by Gasteiger charge is 2.16. The monoisotopic (exact) mass is 515 g/mol. The Bertz CT molecular complexity index is 1560.